The molecule has 0 bridgehead atoms. The van der Waals surface area contributed by atoms with Crippen molar-refractivity contribution in [3.8, 4) is 5.75 Å². The fourth-order valence-corrected chi connectivity index (χ4v) is 2.09. The number of rotatable bonds is 10. The Morgan fingerprint density at radius 3 is 2.25 bits per heavy atom. The van der Waals surface area contributed by atoms with Crippen LogP contribution in [0.3, 0.4) is 0 Å². The third-order valence-electron chi connectivity index (χ3n) is 3.38. The van der Waals surface area contributed by atoms with Crippen LogP contribution in [0.5, 0.6) is 5.75 Å². The van der Waals surface area contributed by atoms with Gasteiger partial charge in [0, 0.05) is 19.6 Å². The van der Waals surface area contributed by atoms with Crippen molar-refractivity contribution in [2.24, 2.45) is 0 Å². The summed E-state index contributed by atoms with van der Waals surface area (Å²) in [4.78, 5) is 0. The highest BCUT2D eigenvalue weighted by atomic mass is 16.7. The van der Waals surface area contributed by atoms with Crippen LogP contribution in [0, 0.1) is 0 Å². The molecule has 3 nitrogen and oxygen atoms in total. The molecule has 0 heterocycles. The predicted octanol–water partition coefficient (Wildman–Crippen LogP) is 4.37. The van der Waals surface area contributed by atoms with E-state index in [4.69, 9.17) is 14.2 Å². The van der Waals surface area contributed by atoms with Crippen molar-refractivity contribution >= 4 is 0 Å². The SMILES string of the molecule is CCOC(CCOc1ccccc1C(C)CC)OCC. The highest BCUT2D eigenvalue weighted by Crippen LogP contribution is 2.28. The molecule has 3 heteroatoms. The second-order valence-corrected chi connectivity index (χ2v) is 4.82. The standard InChI is InChI=1S/C17H28O3/c1-5-14(4)15-10-8-9-11-16(15)20-13-12-17(18-6-2)19-7-3/h8-11,14,17H,5-7,12-13H2,1-4H3. The molecule has 0 amide bonds. The first kappa shape index (κ1) is 17.0. The molecular weight excluding hydrogens is 252 g/mol. The largest absolute Gasteiger partial charge is 0.493 e. The van der Waals surface area contributed by atoms with Gasteiger partial charge in [0.2, 0.25) is 0 Å². The van der Waals surface area contributed by atoms with Crippen LogP contribution in [-0.4, -0.2) is 26.1 Å². The van der Waals surface area contributed by atoms with E-state index in [9.17, 15) is 0 Å². The lowest BCUT2D eigenvalue weighted by molar-refractivity contribution is -0.142. The molecule has 114 valence electrons. The maximum atomic E-state index is 5.92. The van der Waals surface area contributed by atoms with Gasteiger partial charge in [-0.15, -0.1) is 0 Å². The second-order valence-electron chi connectivity index (χ2n) is 4.82. The lowest BCUT2D eigenvalue weighted by Gasteiger charge is -2.19. The van der Waals surface area contributed by atoms with E-state index in [-0.39, 0.29) is 6.29 Å². The molecule has 0 aliphatic carbocycles. The Bertz CT molecular complexity index is 359. The molecule has 1 aromatic carbocycles. The van der Waals surface area contributed by atoms with Crippen molar-refractivity contribution in [2.45, 2.75) is 52.7 Å². The Morgan fingerprint density at radius 1 is 1.00 bits per heavy atom. The smallest absolute Gasteiger partial charge is 0.160 e. The van der Waals surface area contributed by atoms with Crippen molar-refractivity contribution in [1.82, 2.24) is 0 Å². The number of benzene rings is 1. The summed E-state index contributed by atoms with van der Waals surface area (Å²) < 4.78 is 17.0. The zero-order chi connectivity index (χ0) is 14.8. The summed E-state index contributed by atoms with van der Waals surface area (Å²) in [6, 6.07) is 8.27. The van der Waals surface area contributed by atoms with Crippen LogP contribution < -0.4 is 4.74 Å². The van der Waals surface area contributed by atoms with Crippen molar-refractivity contribution in [3.63, 3.8) is 0 Å². The Hall–Kier alpha value is -1.06. The first-order valence-electron chi connectivity index (χ1n) is 7.67. The zero-order valence-electron chi connectivity index (χ0n) is 13.2. The van der Waals surface area contributed by atoms with Crippen LogP contribution in [0.15, 0.2) is 24.3 Å². The van der Waals surface area contributed by atoms with Crippen LogP contribution in [0.1, 0.15) is 52.0 Å². The fourth-order valence-electron chi connectivity index (χ4n) is 2.09. The topological polar surface area (TPSA) is 27.7 Å². The van der Waals surface area contributed by atoms with Crippen LogP contribution in [0.25, 0.3) is 0 Å². The molecule has 0 saturated carbocycles. The maximum absolute atomic E-state index is 5.92. The van der Waals surface area contributed by atoms with Crippen LogP contribution in [-0.2, 0) is 9.47 Å². The molecule has 1 unspecified atom stereocenters. The van der Waals surface area contributed by atoms with Crippen LogP contribution in [0.4, 0.5) is 0 Å². The summed E-state index contributed by atoms with van der Waals surface area (Å²) in [6.45, 7) is 10.3. The average Bonchev–Trinajstić information content (AvgIpc) is 2.47. The summed E-state index contributed by atoms with van der Waals surface area (Å²) in [5.41, 5.74) is 1.28. The van der Waals surface area contributed by atoms with Crippen molar-refractivity contribution in [1.29, 1.82) is 0 Å². The summed E-state index contributed by atoms with van der Waals surface area (Å²) in [5.74, 6) is 1.49. The molecule has 20 heavy (non-hydrogen) atoms. The molecule has 1 atom stereocenters. The number of hydrogen-bond acceptors (Lipinski definition) is 3. The molecule has 0 N–H and O–H groups in total. The van der Waals surface area contributed by atoms with Gasteiger partial charge in [0.25, 0.3) is 0 Å². The van der Waals surface area contributed by atoms with Gasteiger partial charge in [-0.05, 0) is 37.8 Å². The minimum absolute atomic E-state index is 0.166. The van der Waals surface area contributed by atoms with E-state index < -0.39 is 0 Å². The molecule has 0 aliphatic heterocycles. The number of hydrogen-bond donors (Lipinski definition) is 0. The highest BCUT2D eigenvalue weighted by molar-refractivity contribution is 5.35. The van der Waals surface area contributed by atoms with Crippen molar-refractivity contribution in [2.75, 3.05) is 19.8 Å². The third-order valence-corrected chi connectivity index (χ3v) is 3.38. The molecule has 1 aromatic rings. The van der Waals surface area contributed by atoms with Gasteiger partial charge in [0.15, 0.2) is 6.29 Å². The minimum Gasteiger partial charge on any atom is -0.493 e. The summed E-state index contributed by atoms with van der Waals surface area (Å²) in [7, 11) is 0. The molecule has 0 aromatic heterocycles. The van der Waals surface area contributed by atoms with Gasteiger partial charge in [0.05, 0.1) is 6.61 Å². The van der Waals surface area contributed by atoms with Gasteiger partial charge >= 0.3 is 0 Å². The Balaban J connectivity index is 2.52. The molecule has 0 spiro atoms. The number of ether oxygens (including phenoxy) is 3. The molecular formula is C17H28O3. The van der Waals surface area contributed by atoms with E-state index in [0.717, 1.165) is 18.6 Å². The molecule has 1 rings (SSSR count). The van der Waals surface area contributed by atoms with Gasteiger partial charge < -0.3 is 14.2 Å². The Morgan fingerprint density at radius 2 is 1.65 bits per heavy atom. The summed E-state index contributed by atoms with van der Waals surface area (Å²) in [5, 5.41) is 0. The lowest BCUT2D eigenvalue weighted by Crippen LogP contribution is -2.20. The van der Waals surface area contributed by atoms with Gasteiger partial charge in [0.1, 0.15) is 5.75 Å². The molecule has 0 radical (unpaired) electrons. The van der Waals surface area contributed by atoms with E-state index in [1.807, 2.05) is 26.0 Å². The Labute approximate surface area is 123 Å². The van der Waals surface area contributed by atoms with E-state index in [0.29, 0.717) is 25.7 Å². The van der Waals surface area contributed by atoms with Crippen LogP contribution >= 0.6 is 0 Å². The third kappa shape index (κ3) is 5.51. The van der Waals surface area contributed by atoms with Crippen molar-refractivity contribution in [3.05, 3.63) is 29.8 Å². The lowest BCUT2D eigenvalue weighted by atomic mass is 9.98. The average molecular weight is 280 g/mol. The van der Waals surface area contributed by atoms with E-state index in [2.05, 4.69) is 26.0 Å². The van der Waals surface area contributed by atoms with Gasteiger partial charge in [-0.25, -0.2) is 0 Å². The molecule has 0 saturated heterocycles. The van der Waals surface area contributed by atoms with E-state index >= 15 is 0 Å². The molecule has 0 fully saturated rings. The van der Waals surface area contributed by atoms with Gasteiger partial charge in [-0.2, -0.15) is 0 Å². The number of para-hydroxylation sites is 1. The van der Waals surface area contributed by atoms with Crippen LogP contribution in [0.2, 0.25) is 0 Å². The van der Waals surface area contributed by atoms with Crippen molar-refractivity contribution < 1.29 is 14.2 Å². The first-order chi connectivity index (χ1) is 9.72. The normalized spacial score (nSPS) is 12.7. The zero-order valence-corrected chi connectivity index (χ0v) is 13.2. The Kier molecular flexibility index (Phi) is 8.31. The van der Waals surface area contributed by atoms with E-state index in [1.165, 1.54) is 5.56 Å². The fraction of sp³-hybridized carbons (Fsp3) is 0.647. The quantitative estimate of drug-likeness (QED) is 0.596. The minimum atomic E-state index is -0.166. The second kappa shape index (κ2) is 9.78. The predicted molar refractivity (Wildman–Crippen MR) is 82.3 cm³/mol. The van der Waals surface area contributed by atoms with Gasteiger partial charge in [-0.1, -0.05) is 32.0 Å². The first-order valence-corrected chi connectivity index (χ1v) is 7.67. The summed E-state index contributed by atoms with van der Waals surface area (Å²) in [6.07, 6.45) is 1.69. The maximum Gasteiger partial charge on any atom is 0.160 e. The molecule has 0 aliphatic rings. The van der Waals surface area contributed by atoms with E-state index in [1.54, 1.807) is 0 Å². The summed E-state index contributed by atoms with van der Waals surface area (Å²) >= 11 is 0. The monoisotopic (exact) mass is 280 g/mol. The highest BCUT2D eigenvalue weighted by Gasteiger charge is 2.11. The van der Waals surface area contributed by atoms with Gasteiger partial charge in [-0.3, -0.25) is 0 Å².